The lowest BCUT2D eigenvalue weighted by molar-refractivity contribution is 0.0966. The van der Waals surface area contributed by atoms with E-state index in [4.69, 9.17) is 5.11 Å². The van der Waals surface area contributed by atoms with Gasteiger partial charge in [-0.15, -0.1) is 6.58 Å². The Kier molecular flexibility index (Phi) is 4.40. The average molecular weight is 87.1 g/mol. The first-order valence-electron chi connectivity index (χ1n) is 1.60. The van der Waals surface area contributed by atoms with Crippen LogP contribution in [-0.4, -0.2) is 11.7 Å². The molecule has 0 aromatic carbocycles. The predicted octanol–water partition coefficient (Wildman–Crippen LogP) is 0.681. The van der Waals surface area contributed by atoms with Crippen molar-refractivity contribution in [3.8, 4) is 0 Å². The summed E-state index contributed by atoms with van der Waals surface area (Å²) in [6.07, 6.45) is 1.55. The van der Waals surface area contributed by atoms with Crippen molar-refractivity contribution in [3.63, 3.8) is 0 Å². The molecule has 0 atom stereocenters. The van der Waals surface area contributed by atoms with E-state index in [0.717, 1.165) is 0 Å². The Bertz CT molecular complexity index is 34.5. The van der Waals surface area contributed by atoms with E-state index in [1.165, 1.54) is 0 Å². The fraction of sp³-hybridized carbons (Fsp3) is 0.250. The molecule has 0 aliphatic rings. The van der Waals surface area contributed by atoms with Crippen LogP contribution in [0.3, 0.4) is 0 Å². The average Bonchev–Trinajstić information content (AvgIpc) is 1.61. The summed E-state index contributed by atoms with van der Waals surface area (Å²) in [5.41, 5.74) is 0. The number of aliphatic hydroxyl groups excluding tert-OH is 1. The number of hydrogen-bond donors (Lipinski definition) is 1. The topological polar surface area (TPSA) is 29.5 Å². The first kappa shape index (κ1) is 5.66. The maximum Gasteiger partial charge on any atom is 0.207 e. The van der Waals surface area contributed by atoms with E-state index in [9.17, 15) is 0 Å². The van der Waals surface area contributed by atoms with Crippen molar-refractivity contribution in [1.29, 1.82) is 0 Å². The minimum Gasteiger partial charge on any atom is -0.364 e. The van der Waals surface area contributed by atoms with E-state index in [0.29, 0.717) is 13.4 Å². The Morgan fingerprint density at radius 1 is 1.83 bits per heavy atom. The Morgan fingerprint density at radius 2 is 2.50 bits per heavy atom. The van der Waals surface area contributed by atoms with E-state index in [1.807, 2.05) is 0 Å². The quantitative estimate of drug-likeness (QED) is 0.405. The minimum atomic E-state index is 0.372. The molecule has 0 aliphatic heterocycles. The van der Waals surface area contributed by atoms with Crippen LogP contribution >= 0.6 is 0 Å². The lowest BCUT2D eigenvalue weighted by Crippen LogP contribution is -1.82. The zero-order valence-corrected chi connectivity index (χ0v) is 3.42. The molecule has 0 aromatic heterocycles. The minimum absolute atomic E-state index is 0.372. The molecule has 2 heteroatoms. The molecule has 0 unspecified atom stereocenters. The third-order valence-corrected chi connectivity index (χ3v) is 0.289. The van der Waals surface area contributed by atoms with Crippen molar-refractivity contribution in [2.24, 2.45) is 0 Å². The van der Waals surface area contributed by atoms with Crippen LogP contribution in [0.15, 0.2) is 12.7 Å². The molecular formula is C4H7O2. The molecule has 0 bridgehead atoms. The third kappa shape index (κ3) is 3.66. The predicted molar refractivity (Wildman–Crippen MR) is 22.4 cm³/mol. The molecule has 0 heterocycles. The summed E-state index contributed by atoms with van der Waals surface area (Å²) < 4.78 is 4.30. The van der Waals surface area contributed by atoms with Gasteiger partial charge in [0.1, 0.15) is 0 Å². The van der Waals surface area contributed by atoms with Gasteiger partial charge in [-0.1, -0.05) is 6.08 Å². The number of ether oxygens (including phenoxy) is 1. The van der Waals surface area contributed by atoms with Gasteiger partial charge < -0.3 is 9.84 Å². The molecule has 0 amide bonds. The second kappa shape index (κ2) is 4.66. The van der Waals surface area contributed by atoms with Crippen molar-refractivity contribution in [3.05, 3.63) is 19.4 Å². The van der Waals surface area contributed by atoms with E-state index in [1.54, 1.807) is 6.08 Å². The number of rotatable bonds is 3. The fourth-order valence-electron chi connectivity index (χ4n) is 0.111. The second-order valence-corrected chi connectivity index (χ2v) is 0.727. The monoisotopic (exact) mass is 87.0 g/mol. The summed E-state index contributed by atoms with van der Waals surface area (Å²) in [7, 11) is 0. The zero-order chi connectivity index (χ0) is 4.83. The molecule has 0 rings (SSSR count). The maximum atomic E-state index is 7.80. The van der Waals surface area contributed by atoms with Crippen molar-refractivity contribution in [1.82, 2.24) is 0 Å². The van der Waals surface area contributed by atoms with Crippen LogP contribution in [0.1, 0.15) is 0 Å². The van der Waals surface area contributed by atoms with Crippen LogP contribution in [0.25, 0.3) is 0 Å². The molecule has 0 saturated heterocycles. The summed E-state index contributed by atoms with van der Waals surface area (Å²) in [4.78, 5) is 0. The molecule has 0 fully saturated rings. The Labute approximate surface area is 37.1 Å². The number of aliphatic hydroxyl groups is 1. The highest BCUT2D eigenvalue weighted by molar-refractivity contribution is 4.63. The van der Waals surface area contributed by atoms with Crippen LogP contribution in [0.4, 0.5) is 0 Å². The van der Waals surface area contributed by atoms with Crippen LogP contribution in [0.5, 0.6) is 0 Å². The SMILES string of the molecule is C=CCO[CH]O. The molecule has 0 spiro atoms. The van der Waals surface area contributed by atoms with Gasteiger partial charge in [-0.25, -0.2) is 0 Å². The molecule has 0 aliphatic carbocycles. The van der Waals surface area contributed by atoms with Gasteiger partial charge in [0.2, 0.25) is 6.79 Å². The smallest absolute Gasteiger partial charge is 0.207 e. The number of hydrogen-bond acceptors (Lipinski definition) is 2. The summed E-state index contributed by atoms with van der Waals surface area (Å²) in [5, 5.41) is 7.80. The first-order valence-corrected chi connectivity index (χ1v) is 1.60. The lowest BCUT2D eigenvalue weighted by atomic mass is 10.7. The van der Waals surface area contributed by atoms with Gasteiger partial charge in [0, 0.05) is 0 Å². The van der Waals surface area contributed by atoms with Gasteiger partial charge in [0.05, 0.1) is 6.61 Å². The van der Waals surface area contributed by atoms with Crippen LogP contribution < -0.4 is 0 Å². The van der Waals surface area contributed by atoms with Crippen molar-refractivity contribution >= 4 is 0 Å². The third-order valence-electron chi connectivity index (χ3n) is 0.289. The largest absolute Gasteiger partial charge is 0.364 e. The van der Waals surface area contributed by atoms with Gasteiger partial charge in [0.25, 0.3) is 0 Å². The summed E-state index contributed by atoms with van der Waals surface area (Å²) in [6, 6.07) is 0. The molecule has 1 N–H and O–H groups in total. The molecule has 1 radical (unpaired) electrons. The maximum absolute atomic E-state index is 7.80. The van der Waals surface area contributed by atoms with Crippen molar-refractivity contribution in [2.75, 3.05) is 6.61 Å². The summed E-state index contributed by atoms with van der Waals surface area (Å²) in [5.74, 6) is 0. The highest BCUT2D eigenvalue weighted by Crippen LogP contribution is 1.72. The van der Waals surface area contributed by atoms with Gasteiger partial charge in [-0.2, -0.15) is 0 Å². The highest BCUT2D eigenvalue weighted by Gasteiger charge is 1.70. The summed E-state index contributed by atoms with van der Waals surface area (Å²) >= 11 is 0. The van der Waals surface area contributed by atoms with Gasteiger partial charge >= 0.3 is 0 Å². The van der Waals surface area contributed by atoms with Crippen LogP contribution in [0.2, 0.25) is 0 Å². The van der Waals surface area contributed by atoms with E-state index in [-0.39, 0.29) is 0 Å². The highest BCUT2D eigenvalue weighted by atomic mass is 16.6. The van der Waals surface area contributed by atoms with Gasteiger partial charge in [-0.05, 0) is 0 Å². The van der Waals surface area contributed by atoms with E-state index < -0.39 is 0 Å². The standard InChI is InChI=1S/C4H7O2/c1-2-3-6-4-5/h2,4-5H,1,3H2. The fourth-order valence-corrected chi connectivity index (χ4v) is 0.111. The molecule has 35 valence electrons. The van der Waals surface area contributed by atoms with E-state index >= 15 is 0 Å². The van der Waals surface area contributed by atoms with E-state index in [2.05, 4.69) is 11.3 Å². The van der Waals surface area contributed by atoms with Gasteiger partial charge in [0.15, 0.2) is 0 Å². The second-order valence-electron chi connectivity index (χ2n) is 0.727. The van der Waals surface area contributed by atoms with Crippen molar-refractivity contribution < 1.29 is 9.84 Å². The molecule has 0 saturated carbocycles. The van der Waals surface area contributed by atoms with Crippen LogP contribution in [0, 0.1) is 6.79 Å². The zero-order valence-electron chi connectivity index (χ0n) is 3.42. The summed E-state index contributed by atoms with van der Waals surface area (Å²) in [6.45, 7) is 4.35. The Morgan fingerprint density at radius 3 is 2.67 bits per heavy atom. The first-order chi connectivity index (χ1) is 2.91. The Hall–Kier alpha value is -0.340. The van der Waals surface area contributed by atoms with Crippen LogP contribution in [-0.2, 0) is 4.74 Å². The van der Waals surface area contributed by atoms with Gasteiger partial charge in [-0.3, -0.25) is 0 Å². The molecule has 0 aromatic rings. The lowest BCUT2D eigenvalue weighted by Gasteiger charge is -1.86. The normalized spacial score (nSPS) is 8.17. The Balaban J connectivity index is 2.49. The molecule has 6 heavy (non-hydrogen) atoms. The molecule has 2 nitrogen and oxygen atoms in total. The van der Waals surface area contributed by atoms with Crippen molar-refractivity contribution in [2.45, 2.75) is 0 Å². The molecular weight excluding hydrogens is 80.0 g/mol.